The van der Waals surface area contributed by atoms with E-state index in [4.69, 9.17) is 4.42 Å². The molecular formula is C64H47NO. The van der Waals surface area contributed by atoms with Crippen LogP contribution in [-0.4, -0.2) is 0 Å². The predicted molar refractivity (Wildman–Crippen MR) is 277 cm³/mol. The van der Waals surface area contributed by atoms with Crippen molar-refractivity contribution in [3.8, 4) is 55.6 Å². The van der Waals surface area contributed by atoms with Crippen LogP contribution in [0.2, 0.25) is 0 Å². The van der Waals surface area contributed by atoms with E-state index in [1.165, 1.54) is 66.4 Å². The molecular weight excluding hydrogens is 799 g/mol. The molecule has 0 atom stereocenters. The number of anilines is 3. The summed E-state index contributed by atoms with van der Waals surface area (Å²) in [6.07, 6.45) is 0. The summed E-state index contributed by atoms with van der Waals surface area (Å²) in [5, 5.41) is 4.83. The van der Waals surface area contributed by atoms with Crippen LogP contribution in [0.3, 0.4) is 0 Å². The van der Waals surface area contributed by atoms with Crippen LogP contribution in [0.15, 0.2) is 217 Å². The third kappa shape index (κ3) is 5.55. The Bertz CT molecular complexity index is 3760. The Morgan fingerprint density at radius 1 is 0.364 bits per heavy atom. The molecule has 2 aliphatic rings. The SMILES string of the molecule is CC1(C)c2ccccc2-c2c(N(c3ccc(-c4ccccc4)cc3)c3cccc(-c4cccc5c4oc4ccccc45)c3-c3ccc4c(c3)-c3ccc5ccccc5c3C4(C)C)cccc21. The molecule has 314 valence electrons. The topological polar surface area (TPSA) is 16.4 Å². The highest BCUT2D eigenvalue weighted by Crippen LogP contribution is 2.57. The zero-order valence-corrected chi connectivity index (χ0v) is 37.6. The van der Waals surface area contributed by atoms with E-state index in [-0.39, 0.29) is 10.8 Å². The summed E-state index contributed by atoms with van der Waals surface area (Å²) in [6.45, 7) is 9.52. The zero-order valence-electron chi connectivity index (χ0n) is 37.6. The van der Waals surface area contributed by atoms with Gasteiger partial charge in [0.05, 0.1) is 11.4 Å². The third-order valence-electron chi connectivity index (χ3n) is 14.9. The number of fused-ring (bicyclic) bond motifs is 11. The van der Waals surface area contributed by atoms with Crippen molar-refractivity contribution in [1.82, 2.24) is 0 Å². The molecule has 0 aliphatic heterocycles. The lowest BCUT2D eigenvalue weighted by Crippen LogP contribution is -2.16. The maximum Gasteiger partial charge on any atom is 0.143 e. The molecule has 0 radical (unpaired) electrons. The van der Waals surface area contributed by atoms with Gasteiger partial charge in [-0.1, -0.05) is 204 Å². The van der Waals surface area contributed by atoms with E-state index < -0.39 is 0 Å². The van der Waals surface area contributed by atoms with Gasteiger partial charge in [-0.05, 0) is 108 Å². The Hall–Kier alpha value is -7.94. The molecule has 2 aliphatic carbocycles. The lowest BCUT2D eigenvalue weighted by atomic mass is 9.80. The number of hydrogen-bond donors (Lipinski definition) is 0. The van der Waals surface area contributed by atoms with Gasteiger partial charge in [-0.2, -0.15) is 0 Å². The van der Waals surface area contributed by atoms with E-state index >= 15 is 0 Å². The first-order valence-electron chi connectivity index (χ1n) is 23.2. The molecule has 2 nitrogen and oxygen atoms in total. The van der Waals surface area contributed by atoms with Gasteiger partial charge in [-0.25, -0.2) is 0 Å². The van der Waals surface area contributed by atoms with Crippen molar-refractivity contribution < 1.29 is 4.42 Å². The molecule has 0 bridgehead atoms. The van der Waals surface area contributed by atoms with E-state index in [9.17, 15) is 0 Å². The van der Waals surface area contributed by atoms with Gasteiger partial charge in [0.1, 0.15) is 11.2 Å². The smallest absolute Gasteiger partial charge is 0.143 e. The minimum atomic E-state index is -0.177. The summed E-state index contributed by atoms with van der Waals surface area (Å²) >= 11 is 0. The lowest BCUT2D eigenvalue weighted by molar-refractivity contribution is 0.660. The first kappa shape index (κ1) is 38.5. The molecule has 0 fully saturated rings. The molecule has 0 amide bonds. The minimum absolute atomic E-state index is 0.170. The van der Waals surface area contributed by atoms with Crippen LogP contribution in [0.5, 0.6) is 0 Å². The summed E-state index contributed by atoms with van der Waals surface area (Å²) in [6, 6.07) is 78.4. The summed E-state index contributed by atoms with van der Waals surface area (Å²) in [4.78, 5) is 2.53. The van der Waals surface area contributed by atoms with Gasteiger partial charge in [0, 0.05) is 44.0 Å². The maximum atomic E-state index is 6.85. The van der Waals surface area contributed by atoms with Crippen molar-refractivity contribution >= 4 is 49.8 Å². The molecule has 0 unspecified atom stereocenters. The fraction of sp³-hybridized carbons (Fsp3) is 0.0938. The van der Waals surface area contributed by atoms with Gasteiger partial charge >= 0.3 is 0 Å². The second kappa shape index (κ2) is 14.3. The van der Waals surface area contributed by atoms with E-state index in [0.29, 0.717) is 0 Å². The Balaban J connectivity index is 1.12. The first-order chi connectivity index (χ1) is 32.3. The maximum absolute atomic E-state index is 6.85. The summed E-state index contributed by atoms with van der Waals surface area (Å²) < 4.78 is 6.85. The van der Waals surface area contributed by atoms with E-state index in [1.807, 2.05) is 0 Å². The monoisotopic (exact) mass is 845 g/mol. The molecule has 0 saturated heterocycles. The van der Waals surface area contributed by atoms with Gasteiger partial charge < -0.3 is 9.32 Å². The first-order valence-corrected chi connectivity index (χ1v) is 23.2. The number of hydrogen-bond acceptors (Lipinski definition) is 2. The summed E-state index contributed by atoms with van der Waals surface area (Å²) in [5.41, 5.74) is 22.2. The third-order valence-corrected chi connectivity index (χ3v) is 14.9. The van der Waals surface area contributed by atoms with Crippen molar-refractivity contribution in [2.45, 2.75) is 38.5 Å². The van der Waals surface area contributed by atoms with Gasteiger partial charge in [0.25, 0.3) is 0 Å². The molecule has 1 aromatic heterocycles. The molecule has 1 heterocycles. The van der Waals surface area contributed by atoms with Crippen molar-refractivity contribution in [2.24, 2.45) is 0 Å². The second-order valence-electron chi connectivity index (χ2n) is 19.2. The van der Waals surface area contributed by atoms with Gasteiger partial charge in [-0.15, -0.1) is 0 Å². The van der Waals surface area contributed by atoms with E-state index in [1.54, 1.807) is 0 Å². The highest BCUT2D eigenvalue weighted by molar-refractivity contribution is 6.12. The second-order valence-corrected chi connectivity index (χ2v) is 19.2. The Labute approximate surface area is 386 Å². The molecule has 0 spiro atoms. The quantitative estimate of drug-likeness (QED) is 0.166. The van der Waals surface area contributed by atoms with Crippen molar-refractivity contribution in [2.75, 3.05) is 4.90 Å². The van der Waals surface area contributed by atoms with Crippen LogP contribution >= 0.6 is 0 Å². The molecule has 13 rings (SSSR count). The minimum Gasteiger partial charge on any atom is -0.455 e. The average Bonchev–Trinajstić information content (AvgIpc) is 3.94. The van der Waals surface area contributed by atoms with Crippen LogP contribution in [0.25, 0.3) is 88.3 Å². The zero-order chi connectivity index (χ0) is 44.3. The number of nitrogens with zero attached hydrogens (tertiary/aromatic N) is 1. The van der Waals surface area contributed by atoms with Crippen LogP contribution in [0, 0.1) is 0 Å². The van der Waals surface area contributed by atoms with E-state index in [0.717, 1.165) is 61.3 Å². The number of benzene rings is 10. The van der Waals surface area contributed by atoms with Crippen LogP contribution in [0.4, 0.5) is 17.1 Å². The van der Waals surface area contributed by atoms with Crippen molar-refractivity contribution in [1.29, 1.82) is 0 Å². The van der Waals surface area contributed by atoms with Gasteiger partial charge in [0.2, 0.25) is 0 Å². The summed E-state index contributed by atoms with van der Waals surface area (Å²) in [7, 11) is 0. The van der Waals surface area contributed by atoms with Gasteiger partial charge in [0.15, 0.2) is 0 Å². The largest absolute Gasteiger partial charge is 0.455 e. The Kier molecular flexibility index (Phi) is 8.33. The predicted octanol–water partition coefficient (Wildman–Crippen LogP) is 17.8. The highest BCUT2D eigenvalue weighted by atomic mass is 16.3. The fourth-order valence-electron chi connectivity index (χ4n) is 11.7. The number of rotatable bonds is 6. The molecule has 10 aromatic carbocycles. The standard InChI is InChI=1S/C64H47NO/c1-63(2)53-26-12-10-22-51(53)60-55(63)27-16-29-57(60)65(44-35-31-41(32-36-44)40-17-6-5-7-18-40)56-28-15-23-47(50-25-14-24-49-46-21-11-13-30-58(46)66-62(49)50)59(56)43-34-38-54-52(39-43)48-37-33-42-19-8-9-20-45(42)61(48)64(54,3)4/h5-39H,1-4H3. The van der Waals surface area contributed by atoms with E-state index in [2.05, 4.69) is 245 Å². The lowest BCUT2D eigenvalue weighted by Gasteiger charge is -2.32. The van der Waals surface area contributed by atoms with Gasteiger partial charge in [-0.3, -0.25) is 0 Å². The van der Waals surface area contributed by atoms with Crippen molar-refractivity contribution in [3.63, 3.8) is 0 Å². The summed E-state index contributed by atoms with van der Waals surface area (Å²) in [5.74, 6) is 0. The normalized spacial score (nSPS) is 14.0. The van der Waals surface area contributed by atoms with Crippen molar-refractivity contribution in [3.05, 3.63) is 235 Å². The fourth-order valence-corrected chi connectivity index (χ4v) is 11.7. The number of furan rings is 1. The molecule has 0 N–H and O–H groups in total. The number of para-hydroxylation sites is 2. The Morgan fingerprint density at radius 2 is 0.970 bits per heavy atom. The van der Waals surface area contributed by atoms with Crippen LogP contribution in [-0.2, 0) is 10.8 Å². The Morgan fingerprint density at radius 3 is 1.82 bits per heavy atom. The molecule has 2 heteroatoms. The molecule has 11 aromatic rings. The van der Waals surface area contributed by atoms with Crippen LogP contribution in [0.1, 0.15) is 49.9 Å². The molecule has 0 saturated carbocycles. The average molecular weight is 846 g/mol. The highest BCUT2D eigenvalue weighted by Gasteiger charge is 2.40. The molecule has 66 heavy (non-hydrogen) atoms. The van der Waals surface area contributed by atoms with Crippen LogP contribution < -0.4 is 4.90 Å².